The zero-order chi connectivity index (χ0) is 18.9. The van der Waals surface area contributed by atoms with Gasteiger partial charge in [0.05, 0.1) is 0 Å². The van der Waals surface area contributed by atoms with Gasteiger partial charge in [0.1, 0.15) is 0 Å². The van der Waals surface area contributed by atoms with Gasteiger partial charge in [-0.3, -0.25) is 0 Å². The van der Waals surface area contributed by atoms with Gasteiger partial charge < -0.3 is 0 Å². The van der Waals surface area contributed by atoms with E-state index < -0.39 is 13.3 Å². The van der Waals surface area contributed by atoms with Gasteiger partial charge >= 0.3 is 163 Å². The molecular weight excluding hydrogens is 391 g/mol. The van der Waals surface area contributed by atoms with Crippen LogP contribution in [-0.4, -0.2) is 18.3 Å². The maximum absolute atomic E-state index is 6.52. The number of pyridine rings is 1. The molecule has 3 aromatic carbocycles. The summed E-state index contributed by atoms with van der Waals surface area (Å²) >= 11 is -2.05. The van der Waals surface area contributed by atoms with E-state index in [1.165, 1.54) is 32.7 Å². The van der Waals surface area contributed by atoms with Crippen molar-refractivity contribution in [2.24, 2.45) is 0 Å². The minimum absolute atomic E-state index is 0.950. The molecule has 27 heavy (non-hydrogen) atoms. The Bertz CT molecular complexity index is 1250. The van der Waals surface area contributed by atoms with Crippen molar-refractivity contribution < 1.29 is 4.74 Å². The summed E-state index contributed by atoms with van der Waals surface area (Å²) < 4.78 is 8.08. The normalized spacial score (nSPS) is 12.9. The van der Waals surface area contributed by atoms with Crippen LogP contribution in [0.15, 0.2) is 48.7 Å². The van der Waals surface area contributed by atoms with E-state index in [1.54, 1.807) is 4.40 Å². The summed E-state index contributed by atoms with van der Waals surface area (Å²) in [5.41, 5.74) is 4.71. The van der Waals surface area contributed by atoms with Gasteiger partial charge in [-0.15, -0.1) is 0 Å². The van der Waals surface area contributed by atoms with Crippen LogP contribution in [0.5, 0.6) is 11.5 Å². The van der Waals surface area contributed by atoms with Gasteiger partial charge in [-0.05, 0) is 0 Å². The predicted octanol–water partition coefficient (Wildman–Crippen LogP) is 6.32. The molecule has 0 bridgehead atoms. The van der Waals surface area contributed by atoms with Crippen molar-refractivity contribution in [1.29, 1.82) is 0 Å². The second-order valence-electron chi connectivity index (χ2n) is 8.60. The average Bonchev–Trinajstić information content (AvgIpc) is 2.62. The van der Waals surface area contributed by atoms with E-state index in [4.69, 9.17) is 9.72 Å². The molecule has 134 valence electrons. The molecule has 0 fully saturated rings. The van der Waals surface area contributed by atoms with Gasteiger partial charge in [-0.2, -0.15) is 0 Å². The van der Waals surface area contributed by atoms with Crippen molar-refractivity contribution in [2.75, 3.05) is 0 Å². The Morgan fingerprint density at radius 2 is 1.70 bits per heavy atom. The Labute approximate surface area is 162 Å². The number of benzene rings is 3. The van der Waals surface area contributed by atoms with E-state index in [1.807, 2.05) is 6.20 Å². The third kappa shape index (κ3) is 2.36. The first-order valence-electron chi connectivity index (χ1n) is 9.49. The molecule has 0 saturated carbocycles. The first-order chi connectivity index (χ1) is 12.9. The molecule has 4 aromatic rings. The fourth-order valence-electron chi connectivity index (χ4n) is 4.68. The Hall–Kier alpha value is -2.33. The molecule has 0 spiro atoms. The summed E-state index contributed by atoms with van der Waals surface area (Å²) in [4.78, 5) is 4.82. The third-order valence-corrected chi connectivity index (χ3v) is 10.2. The zero-order valence-electron chi connectivity index (χ0n) is 16.5. The van der Waals surface area contributed by atoms with Crippen LogP contribution in [0.2, 0.25) is 17.3 Å². The maximum atomic E-state index is 6.52. The molecule has 2 nitrogen and oxygen atoms in total. The van der Waals surface area contributed by atoms with Crippen LogP contribution < -0.4 is 9.13 Å². The summed E-state index contributed by atoms with van der Waals surface area (Å²) in [6.07, 6.45) is 1.97. The number of ether oxygens (including phenoxy) is 1. The summed E-state index contributed by atoms with van der Waals surface area (Å²) in [6.45, 7) is 4.38. The SMILES string of the molecule is Cc1cc2c3c(nccc3[c]1[Ge]([CH3])([CH3])[CH3])-c1cc3ccccc3c(C)c1O2. The molecule has 0 aliphatic carbocycles. The predicted molar refractivity (Wildman–Crippen MR) is 117 cm³/mol. The topological polar surface area (TPSA) is 22.1 Å². The van der Waals surface area contributed by atoms with Crippen LogP contribution in [0.25, 0.3) is 32.8 Å². The van der Waals surface area contributed by atoms with Crippen molar-refractivity contribution in [3.05, 3.63) is 59.8 Å². The molecule has 5 rings (SSSR count). The third-order valence-electron chi connectivity index (χ3n) is 5.68. The first-order valence-corrected chi connectivity index (χ1v) is 16.8. The van der Waals surface area contributed by atoms with Crippen LogP contribution in [0.4, 0.5) is 0 Å². The summed E-state index contributed by atoms with van der Waals surface area (Å²) in [5, 5.41) is 4.99. The van der Waals surface area contributed by atoms with Gasteiger partial charge in [0.15, 0.2) is 0 Å². The number of aryl methyl sites for hydroxylation is 2. The molecule has 1 aromatic heterocycles. The fraction of sp³-hybridized carbons (Fsp3) is 0.208. The molecule has 0 atom stereocenters. The molecule has 2 heterocycles. The molecule has 1 aliphatic rings. The van der Waals surface area contributed by atoms with Crippen molar-refractivity contribution in [3.8, 4) is 22.8 Å². The van der Waals surface area contributed by atoms with E-state index in [9.17, 15) is 0 Å². The van der Waals surface area contributed by atoms with Crippen LogP contribution in [0, 0.1) is 13.8 Å². The zero-order valence-corrected chi connectivity index (χ0v) is 18.6. The first kappa shape index (κ1) is 16.8. The molecule has 0 saturated heterocycles. The van der Waals surface area contributed by atoms with Crippen LogP contribution in [0.1, 0.15) is 11.1 Å². The monoisotopic (exact) mass is 415 g/mol. The number of aromatic nitrogens is 1. The van der Waals surface area contributed by atoms with Crippen molar-refractivity contribution in [3.63, 3.8) is 0 Å². The molecule has 0 amide bonds. The summed E-state index contributed by atoms with van der Waals surface area (Å²) in [5.74, 6) is 9.27. The van der Waals surface area contributed by atoms with Gasteiger partial charge in [0.25, 0.3) is 0 Å². The number of nitrogens with zero attached hydrogens (tertiary/aromatic N) is 1. The second kappa shape index (κ2) is 5.59. The molecule has 0 unspecified atom stereocenters. The van der Waals surface area contributed by atoms with E-state index in [2.05, 4.69) is 73.6 Å². The van der Waals surface area contributed by atoms with Crippen molar-refractivity contribution in [1.82, 2.24) is 4.98 Å². The van der Waals surface area contributed by atoms with Gasteiger partial charge in [-0.25, -0.2) is 0 Å². The Morgan fingerprint density at radius 1 is 0.926 bits per heavy atom. The second-order valence-corrected chi connectivity index (χ2v) is 19.1. The standard InChI is InChI=1S/C24H23GeNO/c1-14-12-20-21-18(22(14)25(3,4)5)10-11-26-23(21)19-13-16-8-6-7-9-17(16)15(2)24(19)27-20/h6-13H,1-5H3. The van der Waals surface area contributed by atoms with Crippen LogP contribution in [-0.2, 0) is 0 Å². The summed E-state index contributed by atoms with van der Waals surface area (Å²) in [7, 11) is 0. The van der Waals surface area contributed by atoms with Crippen molar-refractivity contribution in [2.45, 2.75) is 31.1 Å². The molecule has 3 heteroatoms. The Morgan fingerprint density at radius 3 is 2.48 bits per heavy atom. The number of hydrogen-bond donors (Lipinski definition) is 0. The molecular formula is C24H23GeNO. The Kier molecular flexibility index (Phi) is 3.48. The van der Waals surface area contributed by atoms with E-state index in [0.717, 1.165) is 22.8 Å². The molecule has 1 aliphatic heterocycles. The van der Waals surface area contributed by atoms with E-state index >= 15 is 0 Å². The van der Waals surface area contributed by atoms with Crippen molar-refractivity contribution >= 4 is 39.2 Å². The minimum atomic E-state index is -2.05. The van der Waals surface area contributed by atoms with Gasteiger partial charge in [-0.1, -0.05) is 0 Å². The van der Waals surface area contributed by atoms with Crippen LogP contribution in [0.3, 0.4) is 0 Å². The average molecular weight is 414 g/mol. The van der Waals surface area contributed by atoms with E-state index in [0.29, 0.717) is 0 Å². The van der Waals surface area contributed by atoms with E-state index in [-0.39, 0.29) is 0 Å². The quantitative estimate of drug-likeness (QED) is 0.300. The molecule has 0 radical (unpaired) electrons. The fourth-order valence-corrected chi connectivity index (χ4v) is 9.45. The summed E-state index contributed by atoms with van der Waals surface area (Å²) in [6, 6.07) is 15.2. The number of hydrogen-bond acceptors (Lipinski definition) is 2. The number of fused-ring (bicyclic) bond motifs is 3. The van der Waals surface area contributed by atoms with Gasteiger partial charge in [0, 0.05) is 0 Å². The Balaban J connectivity index is 1.94. The van der Waals surface area contributed by atoms with Gasteiger partial charge in [0.2, 0.25) is 0 Å². The number of rotatable bonds is 1. The van der Waals surface area contributed by atoms with Crippen LogP contribution >= 0.6 is 0 Å². The molecule has 0 N–H and O–H groups in total.